The molecular formula is C13H22O4S2. The number of ether oxygens (including phenoxy) is 2. The van der Waals surface area contributed by atoms with Crippen LogP contribution in [0.15, 0.2) is 9.81 Å². The van der Waals surface area contributed by atoms with Gasteiger partial charge in [0, 0.05) is 6.42 Å². The maximum Gasteiger partial charge on any atom is 0.335 e. The Bertz CT molecular complexity index is 321. The molecule has 0 rings (SSSR count). The smallest absolute Gasteiger partial charge is 0.335 e. The average Bonchev–Trinajstić information content (AvgIpc) is 2.38. The van der Waals surface area contributed by atoms with E-state index in [1.165, 1.54) is 23.5 Å². The van der Waals surface area contributed by atoms with Crippen molar-refractivity contribution in [3.8, 4) is 0 Å². The molecule has 0 spiro atoms. The lowest BCUT2D eigenvalue weighted by Gasteiger charge is -2.11. The van der Waals surface area contributed by atoms with Gasteiger partial charge in [-0.1, -0.05) is 0 Å². The summed E-state index contributed by atoms with van der Waals surface area (Å²) in [5, 5.41) is 0. The fourth-order valence-corrected chi connectivity index (χ4v) is 3.01. The molecule has 4 nitrogen and oxygen atoms in total. The Morgan fingerprint density at radius 2 is 1.53 bits per heavy atom. The molecule has 0 heterocycles. The first-order chi connectivity index (χ1) is 9.10. The number of esters is 2. The van der Waals surface area contributed by atoms with Crippen molar-refractivity contribution >= 4 is 35.5 Å². The third-order valence-corrected chi connectivity index (χ3v) is 4.49. The highest BCUT2D eigenvalue weighted by molar-refractivity contribution is 8.21. The van der Waals surface area contributed by atoms with Gasteiger partial charge in [0.05, 0.1) is 23.0 Å². The van der Waals surface area contributed by atoms with E-state index < -0.39 is 0 Å². The van der Waals surface area contributed by atoms with E-state index in [1.807, 2.05) is 12.5 Å². The topological polar surface area (TPSA) is 52.6 Å². The summed E-state index contributed by atoms with van der Waals surface area (Å²) in [6.07, 6.45) is 5.31. The van der Waals surface area contributed by atoms with E-state index in [4.69, 9.17) is 9.47 Å². The van der Waals surface area contributed by atoms with E-state index in [1.54, 1.807) is 13.8 Å². The lowest BCUT2D eigenvalue weighted by molar-refractivity contribution is -0.143. The third kappa shape index (κ3) is 7.52. The second-order valence-corrected chi connectivity index (χ2v) is 5.44. The van der Waals surface area contributed by atoms with Gasteiger partial charge in [-0.2, -0.15) is 0 Å². The number of carbonyl (C=O) groups excluding carboxylic acids is 2. The molecule has 0 amide bonds. The molecule has 0 aromatic heterocycles. The minimum absolute atomic E-state index is 0.222. The van der Waals surface area contributed by atoms with Crippen LogP contribution in [0.25, 0.3) is 0 Å². The van der Waals surface area contributed by atoms with Crippen LogP contribution in [-0.2, 0) is 19.1 Å². The molecule has 0 saturated heterocycles. The van der Waals surface area contributed by atoms with Crippen molar-refractivity contribution in [2.45, 2.75) is 33.1 Å². The second-order valence-electron chi connectivity index (χ2n) is 3.55. The Kier molecular flexibility index (Phi) is 10.9. The van der Waals surface area contributed by atoms with Crippen LogP contribution < -0.4 is 0 Å². The van der Waals surface area contributed by atoms with Crippen LogP contribution in [0.5, 0.6) is 0 Å². The SMILES string of the molecule is CCOC(=O)CCCC(C(=O)OCC)=C(SC)SC. The first-order valence-electron chi connectivity index (χ1n) is 6.24. The predicted molar refractivity (Wildman–Crippen MR) is 81.2 cm³/mol. The van der Waals surface area contributed by atoms with Crippen molar-refractivity contribution in [1.29, 1.82) is 0 Å². The van der Waals surface area contributed by atoms with E-state index in [9.17, 15) is 9.59 Å². The summed E-state index contributed by atoms with van der Waals surface area (Å²) in [7, 11) is 0. The van der Waals surface area contributed by atoms with Crippen molar-refractivity contribution in [3.05, 3.63) is 9.81 Å². The van der Waals surface area contributed by atoms with Crippen LogP contribution in [0.4, 0.5) is 0 Å². The van der Waals surface area contributed by atoms with Gasteiger partial charge < -0.3 is 9.47 Å². The fourth-order valence-electron chi connectivity index (χ4n) is 1.48. The quantitative estimate of drug-likeness (QED) is 0.481. The summed E-state index contributed by atoms with van der Waals surface area (Å²) < 4.78 is 10.9. The third-order valence-electron chi connectivity index (χ3n) is 2.25. The Hall–Kier alpha value is -0.620. The molecule has 0 N–H and O–H groups in total. The summed E-state index contributed by atoms with van der Waals surface area (Å²) in [5.41, 5.74) is 0.658. The summed E-state index contributed by atoms with van der Waals surface area (Å²) in [6, 6.07) is 0. The van der Waals surface area contributed by atoms with Crippen molar-refractivity contribution in [3.63, 3.8) is 0 Å². The Labute approximate surface area is 123 Å². The van der Waals surface area contributed by atoms with Gasteiger partial charge >= 0.3 is 11.9 Å². The maximum atomic E-state index is 11.9. The molecule has 0 saturated carbocycles. The zero-order valence-corrected chi connectivity index (χ0v) is 13.6. The molecule has 0 aromatic rings. The molecule has 0 aliphatic heterocycles. The molecule has 0 aromatic carbocycles. The Morgan fingerprint density at radius 3 is 2.00 bits per heavy atom. The van der Waals surface area contributed by atoms with E-state index >= 15 is 0 Å². The maximum absolute atomic E-state index is 11.9. The average molecular weight is 306 g/mol. The number of hydrogen-bond acceptors (Lipinski definition) is 6. The molecule has 0 unspecified atom stereocenters. The van der Waals surface area contributed by atoms with Crippen molar-refractivity contribution in [2.24, 2.45) is 0 Å². The zero-order valence-electron chi connectivity index (χ0n) is 12.0. The molecule has 0 aliphatic carbocycles. The van der Waals surface area contributed by atoms with Crippen LogP contribution in [0.2, 0.25) is 0 Å². The lowest BCUT2D eigenvalue weighted by Crippen LogP contribution is -2.10. The van der Waals surface area contributed by atoms with Gasteiger partial charge in [0.15, 0.2) is 0 Å². The standard InChI is InChI=1S/C13H22O4S2/c1-5-16-11(14)9-7-8-10(12(15)17-6-2)13(18-3)19-4/h5-9H2,1-4H3. The summed E-state index contributed by atoms with van der Waals surface area (Å²) in [6.45, 7) is 4.31. The van der Waals surface area contributed by atoms with Crippen LogP contribution >= 0.6 is 23.5 Å². The van der Waals surface area contributed by atoms with Gasteiger partial charge in [-0.15, -0.1) is 23.5 Å². The minimum Gasteiger partial charge on any atom is -0.466 e. The largest absolute Gasteiger partial charge is 0.466 e. The van der Waals surface area contributed by atoms with Gasteiger partial charge in [-0.25, -0.2) is 4.79 Å². The van der Waals surface area contributed by atoms with E-state index in [0.717, 1.165) is 4.24 Å². The molecule has 6 heteroatoms. The van der Waals surface area contributed by atoms with Gasteiger partial charge in [-0.3, -0.25) is 4.79 Å². The van der Waals surface area contributed by atoms with Crippen LogP contribution in [-0.4, -0.2) is 37.7 Å². The monoisotopic (exact) mass is 306 g/mol. The molecule has 19 heavy (non-hydrogen) atoms. The van der Waals surface area contributed by atoms with Crippen LogP contribution in [0.3, 0.4) is 0 Å². The van der Waals surface area contributed by atoms with E-state index in [-0.39, 0.29) is 11.9 Å². The number of carbonyl (C=O) groups is 2. The van der Waals surface area contributed by atoms with Gasteiger partial charge in [0.25, 0.3) is 0 Å². The van der Waals surface area contributed by atoms with Crippen LogP contribution in [0.1, 0.15) is 33.1 Å². The highest BCUT2D eigenvalue weighted by atomic mass is 32.2. The highest BCUT2D eigenvalue weighted by Gasteiger charge is 2.16. The van der Waals surface area contributed by atoms with Gasteiger partial charge in [0.1, 0.15) is 0 Å². The number of thioether (sulfide) groups is 2. The first-order valence-corrected chi connectivity index (χ1v) is 8.69. The molecule has 0 atom stereocenters. The Balaban J connectivity index is 4.57. The van der Waals surface area contributed by atoms with Crippen molar-refractivity contribution < 1.29 is 19.1 Å². The molecular weight excluding hydrogens is 284 g/mol. The van der Waals surface area contributed by atoms with Crippen LogP contribution in [0, 0.1) is 0 Å². The second kappa shape index (κ2) is 11.2. The lowest BCUT2D eigenvalue weighted by atomic mass is 10.1. The summed E-state index contributed by atoms with van der Waals surface area (Å²) >= 11 is 3.05. The predicted octanol–water partition coefficient (Wildman–Crippen LogP) is 3.22. The van der Waals surface area contributed by atoms with E-state index in [0.29, 0.717) is 38.0 Å². The fraction of sp³-hybridized carbons (Fsp3) is 0.692. The number of rotatable bonds is 9. The van der Waals surface area contributed by atoms with Crippen molar-refractivity contribution in [2.75, 3.05) is 25.7 Å². The Morgan fingerprint density at radius 1 is 0.947 bits per heavy atom. The van der Waals surface area contributed by atoms with Gasteiger partial charge in [0.2, 0.25) is 0 Å². The highest BCUT2D eigenvalue weighted by Crippen LogP contribution is 2.30. The molecule has 0 radical (unpaired) electrons. The molecule has 110 valence electrons. The summed E-state index contributed by atoms with van der Waals surface area (Å²) in [5.74, 6) is -0.509. The van der Waals surface area contributed by atoms with Crippen molar-refractivity contribution in [1.82, 2.24) is 0 Å². The molecule has 0 bridgehead atoms. The van der Waals surface area contributed by atoms with E-state index in [2.05, 4.69) is 0 Å². The number of hydrogen-bond donors (Lipinski definition) is 0. The summed E-state index contributed by atoms with van der Waals surface area (Å²) in [4.78, 5) is 23.1. The van der Waals surface area contributed by atoms with Gasteiger partial charge in [-0.05, 0) is 39.2 Å². The minimum atomic E-state index is -0.287. The molecule has 0 aliphatic rings. The zero-order chi connectivity index (χ0) is 14.7. The normalized spacial score (nSPS) is 9.89. The first kappa shape index (κ1) is 18.4. The molecule has 0 fully saturated rings.